The summed E-state index contributed by atoms with van der Waals surface area (Å²) in [4.78, 5) is 27.9. The van der Waals surface area contributed by atoms with Gasteiger partial charge in [0.25, 0.3) is 0 Å². The summed E-state index contributed by atoms with van der Waals surface area (Å²) in [6.07, 6.45) is 2.78. The Morgan fingerprint density at radius 1 is 1.34 bits per heavy atom. The van der Waals surface area contributed by atoms with Gasteiger partial charge in [-0.25, -0.2) is 4.98 Å². The molecule has 0 saturated heterocycles. The number of nitrogens with zero attached hydrogens (tertiary/aromatic N) is 1. The number of nitrogens with two attached hydrogens (primary N) is 1. The Morgan fingerprint density at radius 2 is 2.07 bits per heavy atom. The Kier molecular flexibility index (Phi) is 5.69. The molecule has 0 aliphatic heterocycles. The van der Waals surface area contributed by atoms with E-state index in [0.717, 1.165) is 16.0 Å². The summed E-state index contributed by atoms with van der Waals surface area (Å²) in [7, 11) is 0. The Bertz CT molecular complexity index is 939. The predicted octanol–water partition coefficient (Wildman–Crippen LogP) is 3.55. The molecule has 1 aliphatic carbocycles. The molecule has 0 bridgehead atoms. The lowest BCUT2D eigenvalue weighted by atomic mass is 9.63. The van der Waals surface area contributed by atoms with Crippen molar-refractivity contribution in [2.75, 3.05) is 5.73 Å². The molecule has 1 saturated carbocycles. The standard InChI is InChI=1S/C21H26N2O5S/c1-12(24)28-10-13-6-14(8-15(22)7-13)17-9-23-19(29-17)21(27)5-4-16(18(25)26)20(2,3)11-21/h6-9,16,27H,4-5,10-11,22H2,1-3H3,(H,25,26)/t16-,21-/m1/s1. The van der Waals surface area contributed by atoms with Crippen molar-refractivity contribution in [2.45, 2.75) is 52.2 Å². The number of ether oxygens (including phenoxy) is 1. The first-order chi connectivity index (χ1) is 13.5. The molecule has 29 heavy (non-hydrogen) atoms. The summed E-state index contributed by atoms with van der Waals surface area (Å²) in [5, 5.41) is 21.3. The molecule has 7 nitrogen and oxygen atoms in total. The van der Waals surface area contributed by atoms with Crippen LogP contribution >= 0.6 is 11.3 Å². The third kappa shape index (κ3) is 4.59. The van der Waals surface area contributed by atoms with Gasteiger partial charge in [-0.05, 0) is 54.0 Å². The van der Waals surface area contributed by atoms with Gasteiger partial charge in [0.1, 0.15) is 17.2 Å². The minimum atomic E-state index is -1.15. The molecule has 0 radical (unpaired) electrons. The molecular formula is C21H26N2O5S. The largest absolute Gasteiger partial charge is 0.481 e. The van der Waals surface area contributed by atoms with Crippen molar-refractivity contribution in [3.8, 4) is 10.4 Å². The zero-order valence-corrected chi connectivity index (χ0v) is 17.6. The Balaban J connectivity index is 1.86. The molecule has 0 amide bonds. The first kappa shape index (κ1) is 21.3. The van der Waals surface area contributed by atoms with Crippen LogP contribution in [0.1, 0.15) is 50.6 Å². The van der Waals surface area contributed by atoms with Crippen LogP contribution < -0.4 is 5.73 Å². The summed E-state index contributed by atoms with van der Waals surface area (Å²) in [6.45, 7) is 5.24. The maximum Gasteiger partial charge on any atom is 0.307 e. The Hall–Kier alpha value is -2.45. The number of aromatic nitrogens is 1. The zero-order valence-electron chi connectivity index (χ0n) is 16.8. The molecule has 3 rings (SSSR count). The second-order valence-electron chi connectivity index (χ2n) is 8.40. The monoisotopic (exact) mass is 418 g/mol. The van der Waals surface area contributed by atoms with Gasteiger partial charge < -0.3 is 20.7 Å². The molecule has 1 heterocycles. The first-order valence-electron chi connectivity index (χ1n) is 9.45. The molecule has 1 aliphatic rings. The number of aliphatic hydroxyl groups is 1. The number of anilines is 1. The van der Waals surface area contributed by atoms with Gasteiger partial charge in [-0.1, -0.05) is 13.8 Å². The average Bonchev–Trinajstić information content (AvgIpc) is 3.09. The van der Waals surface area contributed by atoms with Gasteiger partial charge in [0.2, 0.25) is 0 Å². The van der Waals surface area contributed by atoms with Gasteiger partial charge >= 0.3 is 11.9 Å². The number of carboxylic acid groups (broad SMARTS) is 1. The van der Waals surface area contributed by atoms with Gasteiger partial charge in [0.15, 0.2) is 0 Å². The highest BCUT2D eigenvalue weighted by Crippen LogP contribution is 2.50. The van der Waals surface area contributed by atoms with Crippen LogP contribution in [0.2, 0.25) is 0 Å². The van der Waals surface area contributed by atoms with E-state index < -0.39 is 22.9 Å². The van der Waals surface area contributed by atoms with E-state index in [1.165, 1.54) is 18.3 Å². The van der Waals surface area contributed by atoms with Crippen molar-refractivity contribution in [2.24, 2.45) is 11.3 Å². The number of carbonyl (C=O) groups excluding carboxylic acids is 1. The van der Waals surface area contributed by atoms with Crippen molar-refractivity contribution < 1.29 is 24.5 Å². The number of carbonyl (C=O) groups is 2. The number of hydrogen-bond donors (Lipinski definition) is 3. The molecule has 0 spiro atoms. The molecular weight excluding hydrogens is 392 g/mol. The minimum absolute atomic E-state index is 0.133. The van der Waals surface area contributed by atoms with Crippen LogP contribution in [0.3, 0.4) is 0 Å². The van der Waals surface area contributed by atoms with Gasteiger partial charge in [0.05, 0.1) is 10.8 Å². The molecule has 0 unspecified atom stereocenters. The van der Waals surface area contributed by atoms with E-state index in [4.69, 9.17) is 10.5 Å². The van der Waals surface area contributed by atoms with E-state index >= 15 is 0 Å². The minimum Gasteiger partial charge on any atom is -0.481 e. The van der Waals surface area contributed by atoms with Crippen molar-refractivity contribution in [1.82, 2.24) is 4.98 Å². The molecule has 1 aromatic heterocycles. The van der Waals surface area contributed by atoms with Gasteiger partial charge in [-0.15, -0.1) is 11.3 Å². The number of aliphatic carboxylic acids is 1. The van der Waals surface area contributed by atoms with Crippen molar-refractivity contribution in [1.29, 1.82) is 0 Å². The van der Waals surface area contributed by atoms with E-state index in [2.05, 4.69) is 4.98 Å². The lowest BCUT2D eigenvalue weighted by Gasteiger charge is -2.44. The Labute approximate surface area is 173 Å². The highest BCUT2D eigenvalue weighted by molar-refractivity contribution is 7.15. The maximum absolute atomic E-state index is 11.5. The quantitative estimate of drug-likeness (QED) is 0.501. The van der Waals surface area contributed by atoms with Gasteiger partial charge in [-0.3, -0.25) is 9.59 Å². The van der Waals surface area contributed by atoms with Crippen LogP contribution in [-0.2, 0) is 26.5 Å². The topological polar surface area (TPSA) is 123 Å². The fourth-order valence-corrected chi connectivity index (χ4v) is 5.15. The second kappa shape index (κ2) is 7.76. The summed E-state index contributed by atoms with van der Waals surface area (Å²) in [5.41, 5.74) is 6.45. The molecule has 1 aromatic carbocycles. The van der Waals surface area contributed by atoms with Crippen LogP contribution in [0.15, 0.2) is 24.4 Å². The van der Waals surface area contributed by atoms with Crippen LogP contribution in [0.4, 0.5) is 5.69 Å². The number of rotatable bonds is 5. The smallest absolute Gasteiger partial charge is 0.307 e. The summed E-state index contributed by atoms with van der Waals surface area (Å²) in [5.74, 6) is -1.67. The van der Waals surface area contributed by atoms with Gasteiger partial charge in [0, 0.05) is 18.8 Å². The fourth-order valence-electron chi connectivity index (χ4n) is 4.13. The van der Waals surface area contributed by atoms with E-state index in [-0.39, 0.29) is 12.6 Å². The number of benzene rings is 1. The number of nitrogen functional groups attached to an aromatic ring is 1. The Morgan fingerprint density at radius 3 is 2.69 bits per heavy atom. The molecule has 2 atom stereocenters. The van der Waals surface area contributed by atoms with Crippen molar-refractivity contribution in [3.63, 3.8) is 0 Å². The van der Waals surface area contributed by atoms with Crippen LogP contribution in [-0.4, -0.2) is 27.1 Å². The first-order valence-corrected chi connectivity index (χ1v) is 10.3. The van der Waals surface area contributed by atoms with E-state index in [1.807, 2.05) is 26.0 Å². The van der Waals surface area contributed by atoms with Crippen molar-refractivity contribution in [3.05, 3.63) is 35.0 Å². The number of thiazole rings is 1. The third-order valence-electron chi connectivity index (χ3n) is 5.48. The number of carboxylic acids is 1. The van der Waals surface area contributed by atoms with Crippen molar-refractivity contribution >= 4 is 29.0 Å². The molecule has 8 heteroatoms. The zero-order chi connectivity index (χ0) is 21.4. The molecule has 4 N–H and O–H groups in total. The molecule has 156 valence electrons. The highest BCUT2D eigenvalue weighted by atomic mass is 32.1. The third-order valence-corrected chi connectivity index (χ3v) is 6.72. The SMILES string of the molecule is CC(=O)OCc1cc(N)cc(-c2cnc([C@@]3(O)CC[C@H](C(=O)O)C(C)(C)C3)s2)c1. The summed E-state index contributed by atoms with van der Waals surface area (Å²) >= 11 is 1.37. The van der Waals surface area contributed by atoms with Crippen LogP contribution in [0.25, 0.3) is 10.4 Å². The summed E-state index contributed by atoms with van der Waals surface area (Å²) < 4.78 is 5.05. The number of esters is 1. The van der Waals surface area contributed by atoms with Crippen LogP contribution in [0.5, 0.6) is 0 Å². The highest BCUT2D eigenvalue weighted by Gasteiger charge is 2.49. The summed E-state index contributed by atoms with van der Waals surface area (Å²) in [6, 6.07) is 5.44. The van der Waals surface area contributed by atoms with E-state index in [1.54, 1.807) is 12.3 Å². The fraction of sp³-hybridized carbons (Fsp3) is 0.476. The predicted molar refractivity (Wildman–Crippen MR) is 110 cm³/mol. The lowest BCUT2D eigenvalue weighted by Crippen LogP contribution is -2.44. The van der Waals surface area contributed by atoms with Gasteiger partial charge in [-0.2, -0.15) is 0 Å². The maximum atomic E-state index is 11.5. The normalized spacial score (nSPS) is 23.5. The number of hydrogen-bond acceptors (Lipinski definition) is 7. The lowest BCUT2D eigenvalue weighted by molar-refractivity contribution is -0.154. The molecule has 2 aromatic rings. The second-order valence-corrected chi connectivity index (χ2v) is 9.43. The molecule has 1 fully saturated rings. The van der Waals surface area contributed by atoms with E-state index in [0.29, 0.717) is 30.0 Å². The van der Waals surface area contributed by atoms with E-state index in [9.17, 15) is 19.8 Å². The van der Waals surface area contributed by atoms with Crippen LogP contribution in [0, 0.1) is 11.3 Å². The average molecular weight is 419 g/mol.